The van der Waals surface area contributed by atoms with Crippen molar-refractivity contribution in [3.63, 3.8) is 0 Å². The fraction of sp³-hybridized carbons (Fsp3) is 1.00. The van der Waals surface area contributed by atoms with Crippen LogP contribution in [0.4, 0.5) is 13.2 Å². The Bertz CT molecular complexity index is 127. The van der Waals surface area contributed by atoms with Gasteiger partial charge < -0.3 is 10.0 Å². The summed E-state index contributed by atoms with van der Waals surface area (Å²) in [5.74, 6) is 0. The lowest BCUT2D eigenvalue weighted by Gasteiger charge is -2.16. The maximum Gasteiger partial charge on any atom is 0.390 e. The summed E-state index contributed by atoms with van der Waals surface area (Å²) >= 11 is 0. The zero-order chi connectivity index (χ0) is 10.3. The molecule has 0 aliphatic carbocycles. The van der Waals surface area contributed by atoms with Crippen LogP contribution in [0.15, 0.2) is 0 Å². The van der Waals surface area contributed by atoms with Crippen molar-refractivity contribution in [3.05, 3.63) is 0 Å². The van der Waals surface area contributed by atoms with Gasteiger partial charge in [0.15, 0.2) is 0 Å². The molecule has 0 radical (unpaired) electrons. The number of alkyl halides is 3. The van der Waals surface area contributed by atoms with Crippen LogP contribution in [0.25, 0.3) is 0 Å². The van der Waals surface area contributed by atoms with E-state index in [1.54, 1.807) is 11.9 Å². The van der Waals surface area contributed by atoms with Crippen molar-refractivity contribution < 1.29 is 18.3 Å². The zero-order valence-corrected chi connectivity index (χ0v) is 7.77. The molecule has 0 atom stereocenters. The minimum absolute atomic E-state index is 0.0366. The molecule has 0 aliphatic rings. The second kappa shape index (κ2) is 6.21. The second-order valence-electron chi connectivity index (χ2n) is 3.10. The van der Waals surface area contributed by atoms with Gasteiger partial charge in [-0.05, 0) is 26.4 Å². The molecule has 2 nitrogen and oxygen atoms in total. The molecule has 0 aromatic carbocycles. The van der Waals surface area contributed by atoms with E-state index in [1.807, 2.05) is 0 Å². The molecule has 0 bridgehead atoms. The molecule has 1 N–H and O–H groups in total. The Morgan fingerprint density at radius 3 is 2.23 bits per heavy atom. The number of hydrogen-bond donors (Lipinski definition) is 1. The van der Waals surface area contributed by atoms with Gasteiger partial charge in [0.05, 0.1) is 6.42 Å². The van der Waals surface area contributed by atoms with Crippen molar-refractivity contribution in [3.8, 4) is 0 Å². The number of aliphatic hydroxyl groups excluding tert-OH is 1. The SMILES string of the molecule is CN(CCCCO)CCC(F)(F)F. The zero-order valence-electron chi connectivity index (χ0n) is 7.77. The number of rotatable bonds is 6. The predicted octanol–water partition coefficient (Wildman–Crippen LogP) is 1.64. The molecular weight excluding hydrogens is 183 g/mol. The normalized spacial score (nSPS) is 12.5. The Kier molecular flexibility index (Phi) is 6.07. The van der Waals surface area contributed by atoms with Crippen molar-refractivity contribution >= 4 is 0 Å². The molecule has 0 amide bonds. The number of nitrogens with zero attached hydrogens (tertiary/aromatic N) is 1. The molecule has 13 heavy (non-hydrogen) atoms. The summed E-state index contributed by atoms with van der Waals surface area (Å²) in [6.45, 7) is 0.749. The summed E-state index contributed by atoms with van der Waals surface area (Å²) in [6.07, 6.45) is -3.44. The largest absolute Gasteiger partial charge is 0.396 e. The highest BCUT2D eigenvalue weighted by molar-refractivity contribution is 4.57. The molecule has 5 heteroatoms. The molecule has 0 fully saturated rings. The van der Waals surface area contributed by atoms with E-state index in [4.69, 9.17) is 5.11 Å². The number of hydrogen-bond acceptors (Lipinski definition) is 2. The fourth-order valence-electron chi connectivity index (χ4n) is 0.923. The minimum atomic E-state index is -4.06. The summed E-state index contributed by atoms with van der Waals surface area (Å²) in [7, 11) is 1.66. The van der Waals surface area contributed by atoms with E-state index in [2.05, 4.69) is 0 Å². The van der Waals surface area contributed by atoms with E-state index in [1.165, 1.54) is 0 Å². The first kappa shape index (κ1) is 12.7. The summed E-state index contributed by atoms with van der Waals surface area (Å²) in [5.41, 5.74) is 0. The van der Waals surface area contributed by atoms with E-state index in [0.29, 0.717) is 13.0 Å². The molecule has 80 valence electrons. The molecule has 0 saturated carbocycles. The van der Waals surface area contributed by atoms with Crippen molar-refractivity contribution in [1.82, 2.24) is 4.90 Å². The van der Waals surface area contributed by atoms with Gasteiger partial charge in [0, 0.05) is 13.2 Å². The van der Waals surface area contributed by atoms with Crippen molar-refractivity contribution in [2.75, 3.05) is 26.7 Å². The summed E-state index contributed by atoms with van der Waals surface area (Å²) in [4.78, 5) is 1.63. The number of unbranched alkanes of at least 4 members (excludes halogenated alkanes) is 1. The van der Waals surface area contributed by atoms with E-state index < -0.39 is 12.6 Å². The third kappa shape index (κ3) is 9.63. The monoisotopic (exact) mass is 199 g/mol. The minimum Gasteiger partial charge on any atom is -0.396 e. The van der Waals surface area contributed by atoms with Gasteiger partial charge in [-0.1, -0.05) is 0 Å². The summed E-state index contributed by atoms with van der Waals surface area (Å²) in [6, 6.07) is 0. The van der Waals surface area contributed by atoms with Crippen molar-refractivity contribution in [2.45, 2.75) is 25.4 Å². The standard InChI is InChI=1S/C8H16F3NO/c1-12(5-2-3-7-13)6-4-8(9,10)11/h13H,2-7H2,1H3. The Hall–Kier alpha value is -0.290. The van der Waals surface area contributed by atoms with E-state index >= 15 is 0 Å². The summed E-state index contributed by atoms with van der Waals surface area (Å²) < 4.78 is 35.2. The first-order chi connectivity index (χ1) is 5.95. The first-order valence-electron chi connectivity index (χ1n) is 4.32. The topological polar surface area (TPSA) is 23.5 Å². The third-order valence-electron chi connectivity index (χ3n) is 1.72. The Labute approximate surface area is 76.3 Å². The predicted molar refractivity (Wildman–Crippen MR) is 44.5 cm³/mol. The van der Waals surface area contributed by atoms with Crippen LogP contribution in [-0.2, 0) is 0 Å². The molecule has 0 heterocycles. The average molecular weight is 199 g/mol. The number of aliphatic hydroxyl groups is 1. The molecular formula is C8H16F3NO. The Balaban J connectivity index is 3.35. The van der Waals surface area contributed by atoms with Crippen molar-refractivity contribution in [2.24, 2.45) is 0 Å². The van der Waals surface area contributed by atoms with Crippen LogP contribution >= 0.6 is 0 Å². The third-order valence-corrected chi connectivity index (χ3v) is 1.72. The molecule has 0 aromatic heterocycles. The van der Waals surface area contributed by atoms with Crippen molar-refractivity contribution in [1.29, 1.82) is 0 Å². The van der Waals surface area contributed by atoms with Gasteiger partial charge in [-0.25, -0.2) is 0 Å². The highest BCUT2D eigenvalue weighted by atomic mass is 19.4. The smallest absolute Gasteiger partial charge is 0.390 e. The van der Waals surface area contributed by atoms with Gasteiger partial charge in [-0.15, -0.1) is 0 Å². The van der Waals surface area contributed by atoms with E-state index in [-0.39, 0.29) is 13.2 Å². The van der Waals surface area contributed by atoms with Gasteiger partial charge in [0.2, 0.25) is 0 Å². The van der Waals surface area contributed by atoms with Gasteiger partial charge >= 0.3 is 6.18 Å². The van der Waals surface area contributed by atoms with Crippen LogP contribution in [0.5, 0.6) is 0 Å². The van der Waals surface area contributed by atoms with Crippen LogP contribution in [0, 0.1) is 0 Å². The molecule has 0 saturated heterocycles. The van der Waals surface area contributed by atoms with Crippen LogP contribution in [0.3, 0.4) is 0 Å². The van der Waals surface area contributed by atoms with Gasteiger partial charge in [0.25, 0.3) is 0 Å². The van der Waals surface area contributed by atoms with E-state index in [0.717, 1.165) is 6.42 Å². The summed E-state index contributed by atoms with van der Waals surface area (Å²) in [5, 5.41) is 8.44. The van der Waals surface area contributed by atoms with Crippen LogP contribution in [0.1, 0.15) is 19.3 Å². The molecule has 0 rings (SSSR count). The molecule has 0 spiro atoms. The van der Waals surface area contributed by atoms with Gasteiger partial charge in [0.1, 0.15) is 0 Å². The van der Waals surface area contributed by atoms with E-state index in [9.17, 15) is 13.2 Å². The lowest BCUT2D eigenvalue weighted by atomic mass is 10.3. The fourth-order valence-corrected chi connectivity index (χ4v) is 0.923. The van der Waals surface area contributed by atoms with Crippen LogP contribution in [0.2, 0.25) is 0 Å². The van der Waals surface area contributed by atoms with Gasteiger partial charge in [-0.3, -0.25) is 0 Å². The van der Waals surface area contributed by atoms with Crippen LogP contribution < -0.4 is 0 Å². The Morgan fingerprint density at radius 2 is 1.77 bits per heavy atom. The maximum absolute atomic E-state index is 11.7. The average Bonchev–Trinajstić information content (AvgIpc) is 2.00. The lowest BCUT2D eigenvalue weighted by molar-refractivity contribution is -0.137. The maximum atomic E-state index is 11.7. The quantitative estimate of drug-likeness (QED) is 0.657. The second-order valence-corrected chi connectivity index (χ2v) is 3.10. The Morgan fingerprint density at radius 1 is 1.15 bits per heavy atom. The van der Waals surface area contributed by atoms with Crippen LogP contribution in [-0.4, -0.2) is 42.9 Å². The molecule has 0 unspecified atom stereocenters. The first-order valence-corrected chi connectivity index (χ1v) is 4.32. The highest BCUT2D eigenvalue weighted by Crippen LogP contribution is 2.19. The number of halogens is 3. The van der Waals surface area contributed by atoms with Gasteiger partial charge in [-0.2, -0.15) is 13.2 Å². The molecule has 0 aliphatic heterocycles. The highest BCUT2D eigenvalue weighted by Gasteiger charge is 2.26. The lowest BCUT2D eigenvalue weighted by Crippen LogP contribution is -2.25. The molecule has 0 aromatic rings.